The fourth-order valence-corrected chi connectivity index (χ4v) is 1.69. The summed E-state index contributed by atoms with van der Waals surface area (Å²) in [6.07, 6.45) is 0. The minimum atomic E-state index is -0.372. The molecule has 0 spiro atoms. The van der Waals surface area contributed by atoms with E-state index in [0.29, 0.717) is 6.54 Å². The molecule has 2 rings (SSSR count). The monoisotopic (exact) mass is 244 g/mol. The highest BCUT2D eigenvalue weighted by molar-refractivity contribution is 6.30. The number of morpholine rings is 1. The number of halogens is 2. The van der Waals surface area contributed by atoms with E-state index in [0.717, 1.165) is 31.9 Å². The topological polar surface area (TPSA) is 24.5 Å². The number of rotatable bonds is 3. The van der Waals surface area contributed by atoms with Crippen LogP contribution in [0, 0.1) is 5.82 Å². The summed E-state index contributed by atoms with van der Waals surface area (Å²) >= 11 is 5.61. The molecule has 0 saturated carbocycles. The first-order valence-electron chi connectivity index (χ1n) is 5.26. The number of hydrogen-bond donors (Lipinski definition) is 1. The van der Waals surface area contributed by atoms with Crippen LogP contribution in [-0.2, 0) is 11.3 Å². The highest BCUT2D eigenvalue weighted by Gasteiger charge is 2.09. The first-order valence-corrected chi connectivity index (χ1v) is 5.63. The van der Waals surface area contributed by atoms with Crippen LogP contribution in [-0.4, -0.2) is 31.3 Å². The molecule has 1 aromatic carbocycles. The number of ether oxygens (including phenoxy) is 1. The number of benzene rings is 1. The Labute approximate surface area is 99.1 Å². The normalized spacial score (nSPS) is 17.6. The second-order valence-electron chi connectivity index (χ2n) is 3.68. The van der Waals surface area contributed by atoms with Crippen molar-refractivity contribution in [2.24, 2.45) is 0 Å². The third-order valence-electron chi connectivity index (χ3n) is 2.50. The molecule has 0 aromatic heterocycles. The van der Waals surface area contributed by atoms with E-state index in [1.807, 2.05) is 6.07 Å². The van der Waals surface area contributed by atoms with Gasteiger partial charge >= 0.3 is 0 Å². The minimum absolute atomic E-state index is 0.162. The molecule has 1 aromatic rings. The number of nitrogens with zero attached hydrogens (tertiary/aromatic N) is 1. The summed E-state index contributed by atoms with van der Waals surface area (Å²) in [6, 6.07) is 4.85. The van der Waals surface area contributed by atoms with Gasteiger partial charge in [-0.2, -0.15) is 0 Å². The lowest BCUT2D eigenvalue weighted by Crippen LogP contribution is -2.45. The zero-order valence-electron chi connectivity index (χ0n) is 8.88. The Balaban J connectivity index is 1.86. The van der Waals surface area contributed by atoms with Crippen molar-refractivity contribution in [2.75, 3.05) is 26.3 Å². The van der Waals surface area contributed by atoms with Gasteiger partial charge in [-0.15, -0.1) is 0 Å². The average Bonchev–Trinajstić information content (AvgIpc) is 2.32. The summed E-state index contributed by atoms with van der Waals surface area (Å²) in [5.74, 6) is -0.372. The quantitative estimate of drug-likeness (QED) is 0.878. The Morgan fingerprint density at radius 2 is 2.12 bits per heavy atom. The van der Waals surface area contributed by atoms with E-state index in [1.165, 1.54) is 6.07 Å². The maximum absolute atomic E-state index is 13.2. The number of hydrogen-bond acceptors (Lipinski definition) is 3. The molecule has 5 heteroatoms. The van der Waals surface area contributed by atoms with Gasteiger partial charge in [0.1, 0.15) is 5.82 Å². The van der Waals surface area contributed by atoms with Crippen LogP contribution in [0.4, 0.5) is 4.39 Å². The highest BCUT2D eigenvalue weighted by atomic mass is 35.5. The Kier molecular flexibility index (Phi) is 4.12. The van der Waals surface area contributed by atoms with Gasteiger partial charge in [-0.1, -0.05) is 17.7 Å². The van der Waals surface area contributed by atoms with E-state index in [4.69, 9.17) is 16.3 Å². The molecule has 16 heavy (non-hydrogen) atoms. The zero-order chi connectivity index (χ0) is 11.4. The molecule has 1 aliphatic heterocycles. The lowest BCUT2D eigenvalue weighted by atomic mass is 10.2. The van der Waals surface area contributed by atoms with Crippen molar-refractivity contribution in [1.82, 2.24) is 10.4 Å². The predicted octanol–water partition coefficient (Wildman–Crippen LogP) is 1.82. The predicted molar refractivity (Wildman–Crippen MR) is 60.6 cm³/mol. The fourth-order valence-electron chi connectivity index (χ4n) is 1.57. The fraction of sp³-hybridized carbons (Fsp3) is 0.455. The standard InChI is InChI=1S/C11H14ClFN2O/c12-10-2-1-9(7-11(10)13)8-14-15-3-5-16-6-4-15/h1-2,7,14H,3-6,8H2. The van der Waals surface area contributed by atoms with Gasteiger partial charge in [-0.05, 0) is 17.7 Å². The summed E-state index contributed by atoms with van der Waals surface area (Å²) in [6.45, 7) is 3.80. The van der Waals surface area contributed by atoms with Crippen molar-refractivity contribution in [3.05, 3.63) is 34.6 Å². The molecule has 1 fully saturated rings. The molecule has 0 unspecified atom stereocenters. The third-order valence-corrected chi connectivity index (χ3v) is 2.81. The van der Waals surface area contributed by atoms with Gasteiger partial charge in [-0.3, -0.25) is 5.43 Å². The van der Waals surface area contributed by atoms with Gasteiger partial charge in [0.25, 0.3) is 0 Å². The van der Waals surface area contributed by atoms with Crippen molar-refractivity contribution in [3.8, 4) is 0 Å². The van der Waals surface area contributed by atoms with E-state index in [1.54, 1.807) is 6.07 Å². The molecule has 1 heterocycles. The molecule has 88 valence electrons. The van der Waals surface area contributed by atoms with Gasteiger partial charge in [0.2, 0.25) is 0 Å². The van der Waals surface area contributed by atoms with Crippen molar-refractivity contribution >= 4 is 11.6 Å². The van der Waals surface area contributed by atoms with Crippen LogP contribution >= 0.6 is 11.6 Å². The third kappa shape index (κ3) is 3.15. The second-order valence-corrected chi connectivity index (χ2v) is 4.09. The summed E-state index contributed by atoms with van der Waals surface area (Å²) in [4.78, 5) is 0. The molecular weight excluding hydrogens is 231 g/mol. The average molecular weight is 245 g/mol. The smallest absolute Gasteiger partial charge is 0.142 e. The highest BCUT2D eigenvalue weighted by Crippen LogP contribution is 2.15. The molecule has 1 saturated heterocycles. The van der Waals surface area contributed by atoms with Gasteiger partial charge in [0.05, 0.1) is 18.2 Å². The van der Waals surface area contributed by atoms with E-state index >= 15 is 0 Å². The zero-order valence-corrected chi connectivity index (χ0v) is 9.63. The molecule has 0 aliphatic carbocycles. The Hall–Kier alpha value is -0.680. The molecule has 0 amide bonds. The Morgan fingerprint density at radius 3 is 2.81 bits per heavy atom. The van der Waals surface area contributed by atoms with Crippen molar-refractivity contribution in [1.29, 1.82) is 0 Å². The van der Waals surface area contributed by atoms with Crippen LogP contribution in [0.1, 0.15) is 5.56 Å². The second kappa shape index (κ2) is 5.59. The maximum Gasteiger partial charge on any atom is 0.142 e. The SMILES string of the molecule is Fc1cc(CNN2CCOCC2)ccc1Cl. The van der Waals surface area contributed by atoms with Crippen LogP contribution in [0.2, 0.25) is 5.02 Å². The molecule has 3 nitrogen and oxygen atoms in total. The number of nitrogens with one attached hydrogen (secondary N) is 1. The number of hydrazine groups is 1. The summed E-state index contributed by atoms with van der Waals surface area (Å²) in [5, 5.41) is 2.24. The molecule has 0 bridgehead atoms. The minimum Gasteiger partial charge on any atom is -0.379 e. The van der Waals surface area contributed by atoms with E-state index in [9.17, 15) is 4.39 Å². The first kappa shape index (κ1) is 11.8. The van der Waals surface area contributed by atoms with Crippen molar-refractivity contribution < 1.29 is 9.13 Å². The van der Waals surface area contributed by atoms with Gasteiger partial charge in [-0.25, -0.2) is 9.40 Å². The van der Waals surface area contributed by atoms with Crippen LogP contribution in [0.25, 0.3) is 0 Å². The summed E-state index contributed by atoms with van der Waals surface area (Å²) in [5.41, 5.74) is 4.11. The van der Waals surface area contributed by atoms with E-state index < -0.39 is 0 Å². The molecule has 0 radical (unpaired) electrons. The van der Waals surface area contributed by atoms with Crippen molar-refractivity contribution in [2.45, 2.75) is 6.54 Å². The lowest BCUT2D eigenvalue weighted by molar-refractivity contribution is 0.0105. The summed E-state index contributed by atoms with van der Waals surface area (Å²) in [7, 11) is 0. The van der Waals surface area contributed by atoms with Crippen LogP contribution in [0.5, 0.6) is 0 Å². The maximum atomic E-state index is 13.2. The van der Waals surface area contributed by atoms with E-state index in [2.05, 4.69) is 10.4 Å². The van der Waals surface area contributed by atoms with Gasteiger partial charge in [0.15, 0.2) is 0 Å². The van der Waals surface area contributed by atoms with Gasteiger partial charge in [0, 0.05) is 19.6 Å². The largest absolute Gasteiger partial charge is 0.379 e. The first-order chi connectivity index (χ1) is 7.75. The molecule has 0 atom stereocenters. The van der Waals surface area contributed by atoms with Crippen LogP contribution < -0.4 is 5.43 Å². The summed E-state index contributed by atoms with van der Waals surface area (Å²) < 4.78 is 18.4. The lowest BCUT2D eigenvalue weighted by Gasteiger charge is -2.27. The van der Waals surface area contributed by atoms with Crippen molar-refractivity contribution in [3.63, 3.8) is 0 Å². The molecule has 1 N–H and O–H groups in total. The molecule has 1 aliphatic rings. The van der Waals surface area contributed by atoms with Crippen LogP contribution in [0.3, 0.4) is 0 Å². The molecular formula is C11H14ClFN2O. The van der Waals surface area contributed by atoms with Crippen LogP contribution in [0.15, 0.2) is 18.2 Å². The Bertz CT molecular complexity index is 356. The van der Waals surface area contributed by atoms with E-state index in [-0.39, 0.29) is 10.8 Å². The van der Waals surface area contributed by atoms with Gasteiger partial charge < -0.3 is 4.74 Å². The Morgan fingerprint density at radius 1 is 1.38 bits per heavy atom.